The Kier molecular flexibility index (Phi) is 8.44. The summed E-state index contributed by atoms with van der Waals surface area (Å²) < 4.78 is 1.15. The maximum Gasteiger partial charge on any atom is 0.414 e. The van der Waals surface area contributed by atoms with Gasteiger partial charge in [-0.15, -0.1) is 0 Å². The highest BCUT2D eigenvalue weighted by atomic mass is 79.9. The van der Waals surface area contributed by atoms with Crippen LogP contribution in [-0.4, -0.2) is 58.1 Å². The zero-order valence-corrected chi connectivity index (χ0v) is 16.5. The Labute approximate surface area is 167 Å². The molecule has 0 saturated carbocycles. The number of hydrogen-bond acceptors (Lipinski definition) is 4. The second-order valence-electron chi connectivity index (χ2n) is 6.27. The van der Waals surface area contributed by atoms with Crippen molar-refractivity contribution in [1.29, 1.82) is 0 Å². The fourth-order valence-electron chi connectivity index (χ4n) is 2.80. The maximum atomic E-state index is 9.10. The average molecular weight is 435 g/mol. The van der Waals surface area contributed by atoms with Gasteiger partial charge in [-0.3, -0.25) is 9.80 Å². The summed E-state index contributed by atoms with van der Waals surface area (Å²) in [5.41, 5.74) is 2.81. The van der Waals surface area contributed by atoms with E-state index in [0.717, 1.165) is 43.7 Å². The van der Waals surface area contributed by atoms with Crippen molar-refractivity contribution in [1.82, 2.24) is 9.80 Å². The van der Waals surface area contributed by atoms with Crippen molar-refractivity contribution in [3.05, 3.63) is 70.2 Å². The molecule has 0 spiro atoms. The van der Waals surface area contributed by atoms with Crippen LogP contribution in [0.15, 0.2) is 59.1 Å². The summed E-state index contributed by atoms with van der Waals surface area (Å²) in [6.45, 7) is 6.77. The normalized spacial score (nSPS) is 14.9. The summed E-state index contributed by atoms with van der Waals surface area (Å²) in [5.74, 6) is -3.65. The van der Waals surface area contributed by atoms with E-state index in [1.807, 2.05) is 0 Å². The van der Waals surface area contributed by atoms with Crippen LogP contribution >= 0.6 is 15.9 Å². The number of nitrogens with zero attached hydrogens (tertiary/aromatic N) is 2. The van der Waals surface area contributed by atoms with Gasteiger partial charge in [-0.05, 0) is 23.3 Å². The lowest BCUT2D eigenvalue weighted by molar-refractivity contribution is -0.159. The Hall–Kier alpha value is -2.22. The third-order valence-electron chi connectivity index (χ3n) is 4.22. The number of carboxylic acids is 2. The summed E-state index contributed by atoms with van der Waals surface area (Å²) >= 11 is 3.49. The van der Waals surface area contributed by atoms with E-state index < -0.39 is 11.9 Å². The van der Waals surface area contributed by atoms with Gasteiger partial charge in [0.05, 0.1) is 0 Å². The smallest absolute Gasteiger partial charge is 0.414 e. The van der Waals surface area contributed by atoms with Crippen LogP contribution in [0.4, 0.5) is 0 Å². The summed E-state index contributed by atoms with van der Waals surface area (Å²) in [5, 5.41) is 14.8. The number of carboxylic acid groups (broad SMARTS) is 2. The molecule has 0 bridgehead atoms. The van der Waals surface area contributed by atoms with Gasteiger partial charge in [0.2, 0.25) is 0 Å². The van der Waals surface area contributed by atoms with Crippen LogP contribution < -0.4 is 0 Å². The number of halogens is 1. The van der Waals surface area contributed by atoms with Crippen molar-refractivity contribution < 1.29 is 19.8 Å². The molecule has 2 N–H and O–H groups in total. The van der Waals surface area contributed by atoms with Crippen LogP contribution in [0.1, 0.15) is 11.1 Å². The van der Waals surface area contributed by atoms with Gasteiger partial charge >= 0.3 is 11.9 Å². The first-order chi connectivity index (χ1) is 12.9. The van der Waals surface area contributed by atoms with E-state index in [-0.39, 0.29) is 0 Å². The van der Waals surface area contributed by atoms with E-state index in [1.165, 1.54) is 11.1 Å². The predicted molar refractivity (Wildman–Crippen MR) is 106 cm³/mol. The quantitative estimate of drug-likeness (QED) is 0.719. The number of hydrogen-bond donors (Lipinski definition) is 2. The molecule has 1 aliphatic rings. The van der Waals surface area contributed by atoms with E-state index in [9.17, 15) is 0 Å². The largest absolute Gasteiger partial charge is 0.473 e. The summed E-state index contributed by atoms with van der Waals surface area (Å²) in [6.07, 6.45) is 0. The van der Waals surface area contributed by atoms with E-state index in [2.05, 4.69) is 80.3 Å². The Balaban J connectivity index is 0.000000380. The molecule has 144 valence electrons. The zero-order valence-electron chi connectivity index (χ0n) is 14.9. The van der Waals surface area contributed by atoms with Crippen molar-refractivity contribution in [2.45, 2.75) is 13.1 Å². The molecule has 1 saturated heterocycles. The molecular formula is C20H23BrN2O4. The molecule has 7 heteroatoms. The highest BCUT2D eigenvalue weighted by Crippen LogP contribution is 2.14. The first kappa shape index (κ1) is 21.1. The van der Waals surface area contributed by atoms with Crippen LogP contribution in [0.2, 0.25) is 0 Å². The molecule has 0 aromatic heterocycles. The maximum absolute atomic E-state index is 9.10. The topological polar surface area (TPSA) is 81.1 Å². The monoisotopic (exact) mass is 434 g/mol. The molecule has 0 atom stereocenters. The first-order valence-electron chi connectivity index (χ1n) is 8.63. The number of benzene rings is 2. The van der Waals surface area contributed by atoms with Crippen LogP contribution in [-0.2, 0) is 22.7 Å². The Morgan fingerprint density at radius 2 is 1.15 bits per heavy atom. The van der Waals surface area contributed by atoms with E-state index in [0.29, 0.717) is 0 Å². The molecule has 0 aliphatic carbocycles. The van der Waals surface area contributed by atoms with Gasteiger partial charge in [-0.25, -0.2) is 9.59 Å². The van der Waals surface area contributed by atoms with Crippen molar-refractivity contribution >= 4 is 27.9 Å². The van der Waals surface area contributed by atoms with E-state index in [1.54, 1.807) is 0 Å². The summed E-state index contributed by atoms with van der Waals surface area (Å²) in [4.78, 5) is 23.3. The number of aliphatic carboxylic acids is 2. The number of piperazine rings is 1. The van der Waals surface area contributed by atoms with E-state index in [4.69, 9.17) is 19.8 Å². The van der Waals surface area contributed by atoms with Crippen molar-refractivity contribution in [3.8, 4) is 0 Å². The van der Waals surface area contributed by atoms with Crippen molar-refractivity contribution in [2.24, 2.45) is 0 Å². The van der Waals surface area contributed by atoms with Gasteiger partial charge in [0.15, 0.2) is 0 Å². The molecular weight excluding hydrogens is 412 g/mol. The minimum Gasteiger partial charge on any atom is -0.473 e. The third-order valence-corrected chi connectivity index (χ3v) is 4.74. The fourth-order valence-corrected chi connectivity index (χ4v) is 3.06. The molecule has 3 rings (SSSR count). The molecule has 27 heavy (non-hydrogen) atoms. The lowest BCUT2D eigenvalue weighted by Gasteiger charge is -2.34. The van der Waals surface area contributed by atoms with Gasteiger partial charge in [0, 0.05) is 43.7 Å². The van der Waals surface area contributed by atoms with Gasteiger partial charge < -0.3 is 10.2 Å². The highest BCUT2D eigenvalue weighted by molar-refractivity contribution is 9.10. The van der Waals surface area contributed by atoms with Crippen LogP contribution in [0.3, 0.4) is 0 Å². The second kappa shape index (κ2) is 10.8. The molecule has 1 heterocycles. The molecule has 2 aromatic carbocycles. The summed E-state index contributed by atoms with van der Waals surface area (Å²) in [6, 6.07) is 19.4. The zero-order chi connectivity index (χ0) is 19.6. The molecule has 0 unspecified atom stereocenters. The average Bonchev–Trinajstić information content (AvgIpc) is 2.66. The van der Waals surface area contributed by atoms with Crippen LogP contribution in [0.5, 0.6) is 0 Å². The number of rotatable bonds is 4. The van der Waals surface area contributed by atoms with Crippen molar-refractivity contribution in [2.75, 3.05) is 26.2 Å². The minimum absolute atomic E-state index is 1.06. The SMILES string of the molecule is Brc1ccc(CN2CCN(Cc3ccccc3)CC2)cc1.O=C(O)C(=O)O. The predicted octanol–water partition coefficient (Wildman–Crippen LogP) is 2.92. The van der Waals surface area contributed by atoms with Crippen LogP contribution in [0, 0.1) is 0 Å². The number of carbonyl (C=O) groups is 2. The lowest BCUT2D eigenvalue weighted by Crippen LogP contribution is -2.45. The molecule has 6 nitrogen and oxygen atoms in total. The van der Waals surface area contributed by atoms with Crippen molar-refractivity contribution in [3.63, 3.8) is 0 Å². The Bertz CT molecular complexity index is 717. The van der Waals surface area contributed by atoms with Gasteiger partial charge in [0.1, 0.15) is 0 Å². The van der Waals surface area contributed by atoms with Crippen LogP contribution in [0.25, 0.3) is 0 Å². The minimum atomic E-state index is -1.82. The highest BCUT2D eigenvalue weighted by Gasteiger charge is 2.16. The molecule has 2 aromatic rings. The fraction of sp³-hybridized carbons (Fsp3) is 0.300. The lowest BCUT2D eigenvalue weighted by atomic mass is 10.1. The van der Waals surface area contributed by atoms with Gasteiger partial charge in [-0.2, -0.15) is 0 Å². The molecule has 1 aliphatic heterocycles. The molecule has 1 fully saturated rings. The van der Waals surface area contributed by atoms with Gasteiger partial charge in [0.25, 0.3) is 0 Å². The van der Waals surface area contributed by atoms with E-state index >= 15 is 0 Å². The molecule has 0 amide bonds. The standard InChI is InChI=1S/C18H21BrN2.C2H2O4/c19-18-8-6-17(7-9-18)15-21-12-10-20(11-13-21)14-16-4-2-1-3-5-16;3-1(4)2(5)6/h1-9H,10-15H2;(H,3,4)(H,5,6). The first-order valence-corrected chi connectivity index (χ1v) is 9.42. The second-order valence-corrected chi connectivity index (χ2v) is 7.19. The third kappa shape index (κ3) is 7.90. The van der Waals surface area contributed by atoms with Gasteiger partial charge in [-0.1, -0.05) is 58.4 Å². The summed E-state index contributed by atoms with van der Waals surface area (Å²) in [7, 11) is 0. The Morgan fingerprint density at radius 3 is 1.56 bits per heavy atom. The Morgan fingerprint density at radius 1 is 0.741 bits per heavy atom. The molecule has 0 radical (unpaired) electrons.